The van der Waals surface area contributed by atoms with Crippen LogP contribution in [0.15, 0.2) is 87.1 Å². The highest BCUT2D eigenvalue weighted by atomic mass is 79.9. The minimum absolute atomic E-state index is 0.322. The standard InChI is InChI=1S/C29H18BrClF3N3O4S2/c30-15-7-5-14(6-8-15)21-22-23(26(40)37(25(22)39)17-11-9-16(31)10-12-17)42-27-24(21)43-28(41)36(27)13-20(38)35-19-4-2-1-3-18(19)29(32,33)34/h1-12,21-23H,13H2,(H,35,38)/t21-,22-,23+/m0/s1. The first kappa shape index (κ1) is 29.7. The smallest absolute Gasteiger partial charge is 0.324 e. The number of nitrogens with one attached hydrogen (secondary N) is 1. The maximum atomic E-state index is 13.9. The molecule has 14 heteroatoms. The predicted octanol–water partition coefficient (Wildman–Crippen LogP) is 6.78. The quantitative estimate of drug-likeness (QED) is 0.231. The summed E-state index contributed by atoms with van der Waals surface area (Å²) < 4.78 is 42.4. The van der Waals surface area contributed by atoms with E-state index >= 15 is 0 Å². The maximum absolute atomic E-state index is 13.9. The molecule has 220 valence electrons. The van der Waals surface area contributed by atoms with Crippen LogP contribution in [0.5, 0.6) is 0 Å². The van der Waals surface area contributed by atoms with Crippen molar-refractivity contribution in [1.29, 1.82) is 0 Å². The number of para-hydroxylation sites is 1. The Morgan fingerprint density at radius 2 is 1.63 bits per heavy atom. The molecule has 1 saturated heterocycles. The summed E-state index contributed by atoms with van der Waals surface area (Å²) in [6.45, 7) is -0.586. The number of aromatic nitrogens is 1. The van der Waals surface area contributed by atoms with Crippen LogP contribution in [0, 0.1) is 5.92 Å². The number of benzene rings is 3. The highest BCUT2D eigenvalue weighted by Crippen LogP contribution is 2.54. The van der Waals surface area contributed by atoms with Crippen molar-refractivity contribution in [3.63, 3.8) is 0 Å². The molecule has 7 nitrogen and oxygen atoms in total. The molecule has 0 radical (unpaired) electrons. The number of hydrogen-bond donors (Lipinski definition) is 1. The van der Waals surface area contributed by atoms with Crippen LogP contribution in [0.25, 0.3) is 0 Å². The lowest BCUT2D eigenvalue weighted by Crippen LogP contribution is -2.33. The molecular weight excluding hydrogens is 691 g/mol. The molecule has 0 saturated carbocycles. The number of thioether (sulfide) groups is 1. The van der Waals surface area contributed by atoms with Gasteiger partial charge in [0.15, 0.2) is 0 Å². The van der Waals surface area contributed by atoms with Gasteiger partial charge in [0.1, 0.15) is 11.8 Å². The molecule has 2 aliphatic heterocycles. The number of carbonyl (C=O) groups excluding carboxylic acids is 3. The number of hydrogen-bond acceptors (Lipinski definition) is 6. The van der Waals surface area contributed by atoms with Gasteiger partial charge in [0.25, 0.3) is 0 Å². The number of amides is 3. The topological polar surface area (TPSA) is 88.5 Å². The van der Waals surface area contributed by atoms with Crippen molar-refractivity contribution in [3.05, 3.63) is 108 Å². The van der Waals surface area contributed by atoms with Crippen molar-refractivity contribution in [3.8, 4) is 0 Å². The molecule has 3 heterocycles. The van der Waals surface area contributed by atoms with Crippen LogP contribution in [0.4, 0.5) is 24.5 Å². The molecule has 0 unspecified atom stereocenters. The number of halogens is 5. The molecule has 3 amide bonds. The predicted molar refractivity (Wildman–Crippen MR) is 162 cm³/mol. The molecular formula is C29H18BrClF3N3O4S2. The molecule has 0 spiro atoms. The summed E-state index contributed by atoms with van der Waals surface area (Å²) in [7, 11) is 0. The molecule has 4 aromatic rings. The zero-order valence-corrected chi connectivity index (χ0v) is 25.6. The van der Waals surface area contributed by atoms with Crippen LogP contribution in [-0.2, 0) is 27.1 Å². The lowest BCUT2D eigenvalue weighted by atomic mass is 9.83. The Bertz CT molecular complexity index is 1830. The molecule has 0 bridgehead atoms. The molecule has 0 aliphatic carbocycles. The van der Waals surface area contributed by atoms with E-state index < -0.39 is 63.7 Å². The van der Waals surface area contributed by atoms with Crippen molar-refractivity contribution in [1.82, 2.24) is 4.57 Å². The van der Waals surface area contributed by atoms with Crippen LogP contribution >= 0.6 is 50.6 Å². The van der Waals surface area contributed by atoms with Crippen molar-refractivity contribution >= 4 is 79.7 Å². The Kier molecular flexibility index (Phi) is 7.78. The number of anilines is 2. The fourth-order valence-electron chi connectivity index (χ4n) is 5.30. The molecule has 2 aliphatic rings. The fraction of sp³-hybridized carbons (Fsp3) is 0.172. The molecule has 3 atom stereocenters. The van der Waals surface area contributed by atoms with E-state index in [1.165, 1.54) is 12.1 Å². The van der Waals surface area contributed by atoms with E-state index in [1.807, 2.05) is 0 Å². The van der Waals surface area contributed by atoms with Gasteiger partial charge in [-0.25, -0.2) is 4.90 Å². The van der Waals surface area contributed by atoms with Gasteiger partial charge in [-0.3, -0.25) is 23.7 Å². The summed E-state index contributed by atoms with van der Waals surface area (Å²) in [6.07, 6.45) is -4.70. The monoisotopic (exact) mass is 707 g/mol. The second kappa shape index (κ2) is 11.3. The number of imide groups is 1. The van der Waals surface area contributed by atoms with Crippen molar-refractivity contribution < 1.29 is 27.6 Å². The lowest BCUT2D eigenvalue weighted by Gasteiger charge is -2.30. The number of nitrogens with zero attached hydrogens (tertiary/aromatic N) is 2. The third-order valence-corrected chi connectivity index (χ3v) is 10.6. The van der Waals surface area contributed by atoms with Crippen molar-refractivity contribution in [2.45, 2.75) is 28.9 Å². The second-order valence-electron chi connectivity index (χ2n) is 9.80. The van der Waals surface area contributed by atoms with Crippen molar-refractivity contribution in [2.75, 3.05) is 10.2 Å². The summed E-state index contributed by atoms with van der Waals surface area (Å²) in [5.41, 5.74) is -0.413. The van der Waals surface area contributed by atoms with Gasteiger partial charge >= 0.3 is 11.0 Å². The molecule has 1 aromatic heterocycles. The summed E-state index contributed by atoms with van der Waals surface area (Å²) >= 11 is 11.3. The first-order chi connectivity index (χ1) is 20.4. The Labute approximate surface area is 263 Å². The molecule has 43 heavy (non-hydrogen) atoms. The van der Waals surface area contributed by atoms with E-state index in [1.54, 1.807) is 48.5 Å². The summed E-state index contributed by atoms with van der Waals surface area (Å²) in [5.74, 6) is -3.29. The minimum atomic E-state index is -4.70. The average Bonchev–Trinajstić information content (AvgIpc) is 3.40. The lowest BCUT2D eigenvalue weighted by molar-refractivity contribution is -0.137. The minimum Gasteiger partial charge on any atom is -0.324 e. The number of fused-ring (bicyclic) bond motifs is 2. The number of carbonyl (C=O) groups is 3. The Morgan fingerprint density at radius 3 is 2.30 bits per heavy atom. The van der Waals surface area contributed by atoms with E-state index in [0.717, 1.165) is 49.2 Å². The Balaban J connectivity index is 1.39. The van der Waals surface area contributed by atoms with Gasteiger partial charge in [-0.15, -0.1) is 0 Å². The van der Waals surface area contributed by atoms with Crippen LogP contribution in [0.3, 0.4) is 0 Å². The van der Waals surface area contributed by atoms with Gasteiger partial charge < -0.3 is 5.32 Å². The Morgan fingerprint density at radius 1 is 0.953 bits per heavy atom. The number of rotatable bonds is 5. The largest absolute Gasteiger partial charge is 0.418 e. The van der Waals surface area contributed by atoms with E-state index in [4.69, 9.17) is 11.6 Å². The average molecular weight is 709 g/mol. The summed E-state index contributed by atoms with van der Waals surface area (Å²) in [6, 6.07) is 18.0. The van der Waals surface area contributed by atoms with Crippen LogP contribution in [0.2, 0.25) is 5.02 Å². The normalized spacial score (nSPS) is 19.7. The highest BCUT2D eigenvalue weighted by molar-refractivity contribution is 9.10. The fourth-order valence-corrected chi connectivity index (χ4v) is 8.47. The SMILES string of the molecule is O=C(Cn1c2c(sc1=O)[C@@H](c1ccc(Br)cc1)[C@@H]1C(=O)N(c3ccc(Cl)cc3)C(=O)[C@@H]1S2)Nc1ccccc1C(F)(F)F. The third kappa shape index (κ3) is 5.43. The molecule has 3 aromatic carbocycles. The van der Waals surface area contributed by atoms with Crippen molar-refractivity contribution in [2.24, 2.45) is 5.92 Å². The van der Waals surface area contributed by atoms with Gasteiger partial charge in [-0.1, -0.05) is 74.9 Å². The first-order valence-corrected chi connectivity index (χ1v) is 15.6. The summed E-state index contributed by atoms with van der Waals surface area (Å²) in [4.78, 5) is 55.0. The summed E-state index contributed by atoms with van der Waals surface area (Å²) in [5, 5.41) is 2.10. The van der Waals surface area contributed by atoms with Gasteiger partial charge in [-0.2, -0.15) is 13.2 Å². The maximum Gasteiger partial charge on any atom is 0.418 e. The number of alkyl halides is 3. The van der Waals surface area contributed by atoms with E-state index in [9.17, 15) is 32.3 Å². The van der Waals surface area contributed by atoms with E-state index in [-0.39, 0.29) is 0 Å². The van der Waals surface area contributed by atoms with Gasteiger partial charge in [0.05, 0.1) is 27.9 Å². The van der Waals surface area contributed by atoms with Crippen LogP contribution < -0.4 is 15.1 Å². The van der Waals surface area contributed by atoms with Gasteiger partial charge in [0, 0.05) is 20.3 Å². The van der Waals surface area contributed by atoms with Gasteiger partial charge in [-0.05, 0) is 54.1 Å². The zero-order chi connectivity index (χ0) is 30.6. The van der Waals surface area contributed by atoms with E-state index in [2.05, 4.69) is 21.2 Å². The van der Waals surface area contributed by atoms with Gasteiger partial charge in [0.2, 0.25) is 17.7 Å². The Hall–Kier alpha value is -3.39. The first-order valence-electron chi connectivity index (χ1n) is 12.7. The van der Waals surface area contributed by atoms with Crippen LogP contribution in [-0.4, -0.2) is 27.5 Å². The molecule has 1 N–H and O–H groups in total. The third-order valence-electron chi connectivity index (χ3n) is 7.17. The molecule has 6 rings (SSSR count). The molecule has 1 fully saturated rings. The van der Waals surface area contributed by atoms with Crippen LogP contribution in [0.1, 0.15) is 21.9 Å². The van der Waals surface area contributed by atoms with E-state index in [0.29, 0.717) is 26.2 Å². The number of thiazole rings is 1. The zero-order valence-electron chi connectivity index (χ0n) is 21.6. The highest BCUT2D eigenvalue weighted by Gasteiger charge is 2.56. The second-order valence-corrected chi connectivity index (χ2v) is 13.3.